The number of carbonyl (C=O) groups excluding carboxylic acids is 1. The van der Waals surface area contributed by atoms with Crippen LogP contribution < -0.4 is 0 Å². The van der Waals surface area contributed by atoms with Crippen LogP contribution in [0.3, 0.4) is 0 Å². The lowest BCUT2D eigenvalue weighted by Crippen LogP contribution is -2.22. The maximum absolute atomic E-state index is 12.0. The fraction of sp³-hybridized carbons (Fsp3) is 0.391. The van der Waals surface area contributed by atoms with Crippen molar-refractivity contribution in [2.75, 3.05) is 0 Å². The summed E-state index contributed by atoms with van der Waals surface area (Å²) in [5.74, 6) is -0.215. The molecule has 1 aromatic carbocycles. The minimum absolute atomic E-state index is 0.0728. The topological polar surface area (TPSA) is 84.5 Å². The maximum Gasteiger partial charge on any atom is 0.335 e. The number of nitrogens with zero attached hydrogens (tertiary/aromatic N) is 3. The highest BCUT2D eigenvalue weighted by Crippen LogP contribution is 2.33. The number of carbonyl (C=O) groups is 2. The largest absolute Gasteiger partial charge is 0.478 e. The van der Waals surface area contributed by atoms with Crippen LogP contribution >= 0.6 is 0 Å². The van der Waals surface area contributed by atoms with Crippen LogP contribution in [0.5, 0.6) is 0 Å². The normalized spacial score (nSPS) is 16.9. The molecule has 0 unspecified atom stereocenters. The minimum atomic E-state index is -0.970. The summed E-state index contributed by atoms with van der Waals surface area (Å²) in [6, 6.07) is 8.46. The molecule has 0 fully saturated rings. The third-order valence-corrected chi connectivity index (χ3v) is 4.86. The zero-order valence-corrected chi connectivity index (χ0v) is 17.6. The van der Waals surface area contributed by atoms with E-state index < -0.39 is 5.97 Å². The summed E-state index contributed by atoms with van der Waals surface area (Å²) in [5, 5.41) is 13.8. The number of carboxylic acids is 1. The molecule has 0 aliphatic heterocycles. The molecule has 3 rings (SSSR count). The van der Waals surface area contributed by atoms with Gasteiger partial charge in [0.2, 0.25) is 0 Å². The monoisotopic (exact) mass is 393 g/mol. The zero-order valence-electron chi connectivity index (χ0n) is 17.6. The van der Waals surface area contributed by atoms with E-state index in [-0.39, 0.29) is 22.2 Å². The molecule has 2 aromatic rings. The molecule has 0 amide bonds. The molecule has 152 valence electrons. The average molecular weight is 393 g/mol. The number of hydrogen-bond donors (Lipinski definition) is 1. The highest BCUT2D eigenvalue weighted by molar-refractivity contribution is 5.98. The van der Waals surface area contributed by atoms with Gasteiger partial charge < -0.3 is 5.11 Å². The summed E-state index contributed by atoms with van der Waals surface area (Å²) < 4.78 is 1.71. The number of aromatic carboxylic acids is 1. The Kier molecular flexibility index (Phi) is 5.30. The van der Waals surface area contributed by atoms with Crippen molar-refractivity contribution in [3.63, 3.8) is 0 Å². The molecule has 6 nitrogen and oxygen atoms in total. The van der Waals surface area contributed by atoms with Crippen LogP contribution in [-0.4, -0.2) is 32.9 Å². The number of benzene rings is 1. The standard InChI is InChI=1S/C23H27N3O3/c1-22(2,3)19-11-20(24-14-15-10-18(27)13-23(4,5)12-15)26(25-19)17-8-6-16(7-9-17)21(28)29/h6-11,14H,12-13H2,1-5H3,(H,28,29). The van der Waals surface area contributed by atoms with Crippen molar-refractivity contribution in [1.29, 1.82) is 0 Å². The highest BCUT2D eigenvalue weighted by atomic mass is 16.4. The Balaban J connectivity index is 2.00. The highest BCUT2D eigenvalue weighted by Gasteiger charge is 2.27. The van der Waals surface area contributed by atoms with Gasteiger partial charge in [-0.2, -0.15) is 5.10 Å². The molecule has 29 heavy (non-hydrogen) atoms. The molecule has 0 spiro atoms. The first-order valence-electron chi connectivity index (χ1n) is 9.66. The Bertz CT molecular complexity index is 1000. The van der Waals surface area contributed by atoms with Crippen LogP contribution in [0.4, 0.5) is 5.82 Å². The quantitative estimate of drug-likeness (QED) is 0.750. The summed E-state index contributed by atoms with van der Waals surface area (Å²) in [7, 11) is 0. The fourth-order valence-electron chi connectivity index (χ4n) is 3.39. The van der Waals surface area contributed by atoms with Gasteiger partial charge in [-0.05, 0) is 47.8 Å². The van der Waals surface area contributed by atoms with E-state index in [2.05, 4.69) is 39.6 Å². The number of aliphatic imine (C=N–C) groups is 1. The van der Waals surface area contributed by atoms with E-state index in [4.69, 9.17) is 10.2 Å². The van der Waals surface area contributed by atoms with Crippen molar-refractivity contribution in [1.82, 2.24) is 9.78 Å². The molecule has 0 saturated heterocycles. The van der Waals surface area contributed by atoms with Gasteiger partial charge in [-0.15, -0.1) is 0 Å². The van der Waals surface area contributed by atoms with Gasteiger partial charge in [0.1, 0.15) is 0 Å². The first-order valence-corrected chi connectivity index (χ1v) is 9.66. The molecule has 0 atom stereocenters. The van der Waals surface area contributed by atoms with Crippen LogP contribution in [0, 0.1) is 5.41 Å². The van der Waals surface area contributed by atoms with Gasteiger partial charge in [-0.1, -0.05) is 34.6 Å². The second-order valence-corrected chi connectivity index (χ2v) is 9.36. The minimum Gasteiger partial charge on any atom is -0.478 e. The molecule has 1 aliphatic carbocycles. The summed E-state index contributed by atoms with van der Waals surface area (Å²) in [6.45, 7) is 10.4. The van der Waals surface area contributed by atoms with Crippen molar-refractivity contribution in [3.8, 4) is 5.69 Å². The predicted molar refractivity (Wildman–Crippen MR) is 113 cm³/mol. The Labute approximate surface area is 171 Å². The second-order valence-electron chi connectivity index (χ2n) is 9.36. The Morgan fingerprint density at radius 3 is 2.41 bits per heavy atom. The van der Waals surface area contributed by atoms with E-state index >= 15 is 0 Å². The molecule has 0 saturated carbocycles. The molecule has 1 aliphatic rings. The Hall–Kier alpha value is -3.02. The number of aromatic nitrogens is 2. The molecule has 0 radical (unpaired) electrons. The number of carboxylic acid groups (broad SMARTS) is 1. The summed E-state index contributed by atoms with van der Waals surface area (Å²) in [5.41, 5.74) is 2.48. The Morgan fingerprint density at radius 2 is 1.86 bits per heavy atom. The average Bonchev–Trinajstić information content (AvgIpc) is 3.03. The molecular weight excluding hydrogens is 366 g/mol. The van der Waals surface area contributed by atoms with E-state index in [1.165, 1.54) is 0 Å². The molecular formula is C23H27N3O3. The smallest absolute Gasteiger partial charge is 0.335 e. The van der Waals surface area contributed by atoms with Crippen molar-refractivity contribution >= 4 is 23.8 Å². The predicted octanol–water partition coefficient (Wildman–Crippen LogP) is 4.89. The van der Waals surface area contributed by atoms with Crippen molar-refractivity contribution in [3.05, 3.63) is 53.2 Å². The second kappa shape index (κ2) is 7.43. The first kappa shape index (κ1) is 20.7. The van der Waals surface area contributed by atoms with Crippen molar-refractivity contribution in [2.45, 2.75) is 52.9 Å². The molecule has 0 bridgehead atoms. The van der Waals surface area contributed by atoms with E-state index in [1.807, 2.05) is 6.07 Å². The van der Waals surface area contributed by atoms with E-state index in [9.17, 15) is 9.59 Å². The number of ketones is 1. The molecule has 1 heterocycles. The summed E-state index contributed by atoms with van der Waals surface area (Å²) >= 11 is 0. The summed E-state index contributed by atoms with van der Waals surface area (Å²) in [6.07, 6.45) is 4.74. The third kappa shape index (κ3) is 4.88. The Morgan fingerprint density at radius 1 is 1.21 bits per heavy atom. The lowest BCUT2D eigenvalue weighted by Gasteiger charge is -2.27. The van der Waals surface area contributed by atoms with E-state index in [0.29, 0.717) is 12.2 Å². The zero-order chi connectivity index (χ0) is 21.4. The lowest BCUT2D eigenvalue weighted by molar-refractivity contribution is -0.116. The number of hydrogen-bond acceptors (Lipinski definition) is 4. The number of allylic oxidation sites excluding steroid dienone is 2. The van der Waals surface area contributed by atoms with Crippen LogP contribution in [0.25, 0.3) is 5.69 Å². The molecule has 6 heteroatoms. The van der Waals surface area contributed by atoms with Gasteiger partial charge in [0.05, 0.1) is 16.9 Å². The van der Waals surface area contributed by atoms with Crippen LogP contribution in [0.1, 0.15) is 63.5 Å². The van der Waals surface area contributed by atoms with E-state index in [0.717, 1.165) is 23.4 Å². The van der Waals surface area contributed by atoms with Crippen LogP contribution in [-0.2, 0) is 10.2 Å². The molecule has 1 aromatic heterocycles. The van der Waals surface area contributed by atoms with Crippen LogP contribution in [0.15, 0.2) is 47.0 Å². The van der Waals surface area contributed by atoms with Crippen molar-refractivity contribution in [2.24, 2.45) is 10.4 Å². The number of rotatable bonds is 4. The maximum atomic E-state index is 12.0. The van der Waals surface area contributed by atoms with Gasteiger partial charge in [-0.25, -0.2) is 14.5 Å². The van der Waals surface area contributed by atoms with Gasteiger partial charge in [-0.3, -0.25) is 4.79 Å². The third-order valence-electron chi connectivity index (χ3n) is 4.86. The van der Waals surface area contributed by atoms with Gasteiger partial charge in [0, 0.05) is 24.1 Å². The summed E-state index contributed by atoms with van der Waals surface area (Å²) in [4.78, 5) is 27.8. The van der Waals surface area contributed by atoms with E-state index in [1.54, 1.807) is 41.2 Å². The lowest BCUT2D eigenvalue weighted by atomic mass is 9.77. The van der Waals surface area contributed by atoms with Crippen LogP contribution in [0.2, 0.25) is 0 Å². The van der Waals surface area contributed by atoms with Gasteiger partial charge in [0.25, 0.3) is 0 Å². The van der Waals surface area contributed by atoms with Gasteiger partial charge in [0.15, 0.2) is 11.6 Å². The fourth-order valence-corrected chi connectivity index (χ4v) is 3.39. The molecule has 1 N–H and O–H groups in total. The SMILES string of the molecule is CC1(C)CC(=O)C=C(C=Nc2cc(C(C)(C)C)nn2-c2ccc(C(=O)O)cc2)C1. The van der Waals surface area contributed by atoms with Gasteiger partial charge >= 0.3 is 5.97 Å². The first-order chi connectivity index (χ1) is 13.4. The van der Waals surface area contributed by atoms with Crippen molar-refractivity contribution < 1.29 is 14.7 Å².